The van der Waals surface area contributed by atoms with Crippen molar-refractivity contribution < 1.29 is 9.53 Å². The van der Waals surface area contributed by atoms with Gasteiger partial charge in [0.2, 0.25) is 5.91 Å². The van der Waals surface area contributed by atoms with Gasteiger partial charge in [-0.2, -0.15) is 0 Å². The normalized spacial score (nSPS) is 15.8. The maximum absolute atomic E-state index is 12.0. The molecule has 0 aromatic carbocycles. The van der Waals surface area contributed by atoms with Crippen LogP contribution >= 0.6 is 15.9 Å². The maximum Gasteiger partial charge on any atom is 0.265 e. The molecule has 0 spiro atoms. The first kappa shape index (κ1) is 13.3. The second kappa shape index (κ2) is 5.67. The second-order valence-corrected chi connectivity index (χ2v) is 5.15. The van der Waals surface area contributed by atoms with Crippen LogP contribution in [0.3, 0.4) is 0 Å². The predicted octanol–water partition coefficient (Wildman–Crippen LogP) is 0.778. The van der Waals surface area contributed by atoms with Crippen LogP contribution in [0.5, 0.6) is 0 Å². The lowest BCUT2D eigenvalue weighted by molar-refractivity contribution is -0.135. The van der Waals surface area contributed by atoms with Gasteiger partial charge >= 0.3 is 0 Å². The summed E-state index contributed by atoms with van der Waals surface area (Å²) in [7, 11) is 0. The van der Waals surface area contributed by atoms with E-state index in [4.69, 9.17) is 4.74 Å². The number of halogens is 1. The summed E-state index contributed by atoms with van der Waals surface area (Å²) in [6.07, 6.45) is 1.70. The summed E-state index contributed by atoms with van der Waals surface area (Å²) in [5, 5.41) is 0. The van der Waals surface area contributed by atoms with Gasteiger partial charge in [-0.3, -0.25) is 9.59 Å². The minimum Gasteiger partial charge on any atom is -0.378 e. The molecule has 2 rings (SSSR count). The highest BCUT2D eigenvalue weighted by Gasteiger charge is 2.17. The first-order valence-corrected chi connectivity index (χ1v) is 6.59. The fourth-order valence-electron chi connectivity index (χ4n) is 1.92. The van der Waals surface area contributed by atoms with Crippen molar-refractivity contribution in [3.05, 3.63) is 32.7 Å². The number of carbonyl (C=O) groups is 1. The molecule has 0 unspecified atom stereocenters. The van der Waals surface area contributed by atoms with Crippen LogP contribution in [0.1, 0.15) is 5.56 Å². The lowest BCUT2D eigenvalue weighted by Crippen LogP contribution is -2.43. The zero-order chi connectivity index (χ0) is 13.1. The summed E-state index contributed by atoms with van der Waals surface area (Å²) < 4.78 is 7.12. The van der Waals surface area contributed by atoms with Crippen molar-refractivity contribution in [2.45, 2.75) is 13.5 Å². The molecule has 98 valence electrons. The van der Waals surface area contributed by atoms with Gasteiger partial charge in [-0.05, 0) is 34.5 Å². The Morgan fingerprint density at radius 3 is 2.78 bits per heavy atom. The number of morpholine rings is 1. The Morgan fingerprint density at radius 1 is 1.44 bits per heavy atom. The third-order valence-electron chi connectivity index (χ3n) is 2.85. The molecule has 0 N–H and O–H groups in total. The monoisotopic (exact) mass is 314 g/mol. The summed E-state index contributed by atoms with van der Waals surface area (Å²) >= 11 is 3.20. The largest absolute Gasteiger partial charge is 0.378 e. The maximum atomic E-state index is 12.0. The summed E-state index contributed by atoms with van der Waals surface area (Å²) in [4.78, 5) is 25.6. The van der Waals surface area contributed by atoms with Crippen LogP contribution in [-0.2, 0) is 16.1 Å². The van der Waals surface area contributed by atoms with E-state index in [-0.39, 0.29) is 18.0 Å². The Labute approximate surface area is 113 Å². The molecule has 0 radical (unpaired) electrons. The molecule has 1 aliphatic heterocycles. The van der Waals surface area contributed by atoms with Gasteiger partial charge in [-0.1, -0.05) is 0 Å². The van der Waals surface area contributed by atoms with Crippen LogP contribution < -0.4 is 5.56 Å². The van der Waals surface area contributed by atoms with E-state index in [0.29, 0.717) is 30.8 Å². The third-order valence-corrected chi connectivity index (χ3v) is 3.42. The summed E-state index contributed by atoms with van der Waals surface area (Å²) in [6.45, 7) is 4.30. The van der Waals surface area contributed by atoms with Gasteiger partial charge in [-0.25, -0.2) is 0 Å². The highest BCUT2D eigenvalue weighted by Crippen LogP contribution is 2.06. The molecule has 1 aromatic heterocycles. The van der Waals surface area contributed by atoms with Gasteiger partial charge in [0.25, 0.3) is 5.56 Å². The number of aryl methyl sites for hydroxylation is 1. The van der Waals surface area contributed by atoms with Crippen molar-refractivity contribution in [3.63, 3.8) is 0 Å². The molecular weight excluding hydrogens is 300 g/mol. The van der Waals surface area contributed by atoms with Crippen LogP contribution in [0.2, 0.25) is 0 Å². The fourth-order valence-corrected chi connectivity index (χ4v) is 2.51. The van der Waals surface area contributed by atoms with Gasteiger partial charge in [0.1, 0.15) is 6.54 Å². The zero-order valence-corrected chi connectivity index (χ0v) is 11.8. The van der Waals surface area contributed by atoms with Gasteiger partial charge in [0.15, 0.2) is 0 Å². The summed E-state index contributed by atoms with van der Waals surface area (Å²) in [5.41, 5.74) is 0.762. The van der Waals surface area contributed by atoms with Crippen LogP contribution in [0.4, 0.5) is 0 Å². The number of pyridine rings is 1. The Morgan fingerprint density at radius 2 is 2.11 bits per heavy atom. The highest BCUT2D eigenvalue weighted by molar-refractivity contribution is 9.10. The van der Waals surface area contributed by atoms with E-state index >= 15 is 0 Å². The van der Waals surface area contributed by atoms with E-state index in [1.54, 1.807) is 17.2 Å². The van der Waals surface area contributed by atoms with Crippen molar-refractivity contribution in [2.24, 2.45) is 0 Å². The van der Waals surface area contributed by atoms with Crippen LogP contribution in [-0.4, -0.2) is 41.7 Å². The smallest absolute Gasteiger partial charge is 0.265 e. The third kappa shape index (κ3) is 3.00. The molecule has 1 aliphatic rings. The summed E-state index contributed by atoms with van der Waals surface area (Å²) in [5.74, 6) is -0.0436. The molecule has 18 heavy (non-hydrogen) atoms. The second-order valence-electron chi connectivity index (χ2n) is 4.29. The Bertz CT molecular complexity index is 507. The average Bonchev–Trinajstić information content (AvgIpc) is 2.36. The number of ether oxygens (including phenoxy) is 1. The molecule has 2 heterocycles. The van der Waals surface area contributed by atoms with E-state index in [0.717, 1.165) is 5.56 Å². The van der Waals surface area contributed by atoms with E-state index in [9.17, 15) is 9.59 Å². The fraction of sp³-hybridized carbons (Fsp3) is 0.500. The predicted molar refractivity (Wildman–Crippen MR) is 70.5 cm³/mol. The Kier molecular flexibility index (Phi) is 4.19. The number of rotatable bonds is 2. The first-order valence-electron chi connectivity index (χ1n) is 5.80. The van der Waals surface area contributed by atoms with Gasteiger partial charge in [0.05, 0.1) is 17.7 Å². The minimum absolute atomic E-state index is 0.0436. The molecular formula is C12H15BrN2O3. The van der Waals surface area contributed by atoms with Gasteiger partial charge in [-0.15, -0.1) is 0 Å². The molecule has 0 bridgehead atoms. The van der Waals surface area contributed by atoms with Crippen LogP contribution in [0.25, 0.3) is 0 Å². The number of aromatic nitrogens is 1. The highest BCUT2D eigenvalue weighted by atomic mass is 79.9. The quantitative estimate of drug-likeness (QED) is 0.810. The molecule has 0 saturated carbocycles. The number of hydrogen-bond donors (Lipinski definition) is 0. The van der Waals surface area contributed by atoms with E-state index in [1.807, 2.05) is 6.92 Å². The lowest BCUT2D eigenvalue weighted by Gasteiger charge is -2.27. The molecule has 1 saturated heterocycles. The number of carbonyl (C=O) groups excluding carboxylic acids is 1. The van der Waals surface area contributed by atoms with Crippen LogP contribution in [0, 0.1) is 6.92 Å². The molecule has 1 amide bonds. The number of hydrogen-bond acceptors (Lipinski definition) is 3. The standard InChI is InChI=1S/C12H15BrN2O3/c1-9-6-10(13)12(17)15(7-9)8-11(16)14-2-4-18-5-3-14/h6-7H,2-5,8H2,1H3. The van der Waals surface area contributed by atoms with E-state index in [2.05, 4.69) is 15.9 Å². The molecule has 1 fully saturated rings. The van der Waals surface area contributed by atoms with Crippen LogP contribution in [0.15, 0.2) is 21.5 Å². The van der Waals surface area contributed by atoms with E-state index in [1.165, 1.54) is 4.57 Å². The topological polar surface area (TPSA) is 51.5 Å². The zero-order valence-electron chi connectivity index (χ0n) is 10.2. The number of amides is 1. The Balaban J connectivity index is 2.13. The van der Waals surface area contributed by atoms with Crippen molar-refractivity contribution >= 4 is 21.8 Å². The average molecular weight is 315 g/mol. The minimum atomic E-state index is -0.179. The molecule has 0 atom stereocenters. The van der Waals surface area contributed by atoms with Crippen molar-refractivity contribution in [1.29, 1.82) is 0 Å². The van der Waals surface area contributed by atoms with Crippen molar-refractivity contribution in [2.75, 3.05) is 26.3 Å². The van der Waals surface area contributed by atoms with E-state index < -0.39 is 0 Å². The summed E-state index contributed by atoms with van der Waals surface area (Å²) in [6, 6.07) is 1.75. The Hall–Kier alpha value is -1.14. The molecule has 1 aromatic rings. The molecule has 5 nitrogen and oxygen atoms in total. The first-order chi connectivity index (χ1) is 8.58. The van der Waals surface area contributed by atoms with Gasteiger partial charge < -0.3 is 14.2 Å². The van der Waals surface area contributed by atoms with Gasteiger partial charge in [0, 0.05) is 19.3 Å². The molecule has 6 heteroatoms. The number of nitrogens with zero attached hydrogens (tertiary/aromatic N) is 2. The van der Waals surface area contributed by atoms with Crippen molar-refractivity contribution in [3.8, 4) is 0 Å². The SMILES string of the molecule is Cc1cc(Br)c(=O)n(CC(=O)N2CCOCC2)c1. The lowest BCUT2D eigenvalue weighted by atomic mass is 10.3. The van der Waals surface area contributed by atoms with Crippen molar-refractivity contribution in [1.82, 2.24) is 9.47 Å². The molecule has 0 aliphatic carbocycles.